The molecule has 1 aromatic carbocycles. The van der Waals surface area contributed by atoms with Crippen molar-refractivity contribution < 1.29 is 9.53 Å². The molecule has 1 N–H and O–H groups in total. The van der Waals surface area contributed by atoms with Crippen LogP contribution in [0.25, 0.3) is 0 Å². The minimum Gasteiger partial charge on any atom is -0.484 e. The van der Waals surface area contributed by atoms with E-state index in [1.165, 1.54) is 0 Å². The molecule has 3 nitrogen and oxygen atoms in total. The summed E-state index contributed by atoms with van der Waals surface area (Å²) < 4.78 is 5.14. The van der Waals surface area contributed by atoms with Gasteiger partial charge >= 0.3 is 0 Å². The molecule has 0 fully saturated rings. The van der Waals surface area contributed by atoms with Crippen LogP contribution in [0.5, 0.6) is 5.75 Å². The van der Waals surface area contributed by atoms with Gasteiger partial charge in [-0.25, -0.2) is 0 Å². The van der Waals surface area contributed by atoms with Gasteiger partial charge < -0.3 is 10.1 Å². The van der Waals surface area contributed by atoms with E-state index in [-0.39, 0.29) is 12.5 Å². The first-order valence-corrected chi connectivity index (χ1v) is 4.67. The van der Waals surface area contributed by atoms with Gasteiger partial charge in [-0.05, 0) is 12.1 Å². The Hall–Kier alpha value is -0.930. The summed E-state index contributed by atoms with van der Waals surface area (Å²) in [5, 5.41) is 3.30. The second kappa shape index (κ2) is 5.08. The molecule has 0 saturated heterocycles. The number of carbonyl (C=O) groups excluding carboxylic acids is 1. The third-order valence-electron chi connectivity index (χ3n) is 1.54. The fraction of sp³-hybridized carbons (Fsp3) is 0.222. The van der Waals surface area contributed by atoms with Crippen molar-refractivity contribution in [1.29, 1.82) is 0 Å². The molecule has 0 aliphatic rings. The lowest BCUT2D eigenvalue weighted by Gasteiger charge is -2.05. The summed E-state index contributed by atoms with van der Waals surface area (Å²) in [4.78, 5) is 10.8. The highest BCUT2D eigenvalue weighted by Crippen LogP contribution is 2.26. The lowest BCUT2D eigenvalue weighted by atomic mass is 10.3. The van der Waals surface area contributed by atoms with Crippen LogP contribution in [-0.2, 0) is 4.79 Å². The lowest BCUT2D eigenvalue weighted by molar-refractivity contribution is -0.122. The fourth-order valence-electron chi connectivity index (χ4n) is 0.788. The molecule has 0 aliphatic carbocycles. The highest BCUT2D eigenvalue weighted by molar-refractivity contribution is 6.42. The number of nitrogens with one attached hydrogen (secondary N) is 1. The first-order valence-electron chi connectivity index (χ1n) is 3.92. The SMILES string of the molecule is CNC(=O)COc1ccc(Cl)c(Cl)c1. The third-order valence-corrected chi connectivity index (χ3v) is 2.28. The lowest BCUT2D eigenvalue weighted by Crippen LogP contribution is -2.24. The largest absolute Gasteiger partial charge is 0.484 e. The van der Waals surface area contributed by atoms with Crippen molar-refractivity contribution in [3.05, 3.63) is 28.2 Å². The van der Waals surface area contributed by atoms with E-state index in [2.05, 4.69) is 5.32 Å². The number of likely N-dealkylation sites (N-methyl/N-ethyl adjacent to an activating group) is 1. The van der Waals surface area contributed by atoms with Crippen molar-refractivity contribution in [2.45, 2.75) is 0 Å². The number of halogens is 2. The van der Waals surface area contributed by atoms with Crippen LogP contribution in [0.2, 0.25) is 10.0 Å². The average Bonchev–Trinajstić information content (AvgIpc) is 2.19. The number of rotatable bonds is 3. The van der Waals surface area contributed by atoms with Gasteiger partial charge in [0.2, 0.25) is 0 Å². The number of ether oxygens (including phenoxy) is 1. The molecular formula is C9H9Cl2NO2. The molecule has 0 saturated carbocycles. The van der Waals surface area contributed by atoms with Gasteiger partial charge in [0.1, 0.15) is 5.75 Å². The zero-order chi connectivity index (χ0) is 10.6. The van der Waals surface area contributed by atoms with Gasteiger partial charge in [0.15, 0.2) is 6.61 Å². The Morgan fingerprint density at radius 3 is 2.71 bits per heavy atom. The summed E-state index contributed by atoms with van der Waals surface area (Å²) in [6.45, 7) is -0.0333. The van der Waals surface area contributed by atoms with E-state index in [4.69, 9.17) is 27.9 Å². The maximum Gasteiger partial charge on any atom is 0.257 e. The molecule has 5 heteroatoms. The highest BCUT2D eigenvalue weighted by atomic mass is 35.5. The molecule has 1 aromatic rings. The van der Waals surface area contributed by atoms with Crippen LogP contribution in [0.4, 0.5) is 0 Å². The predicted octanol–water partition coefficient (Wildman–Crippen LogP) is 2.12. The van der Waals surface area contributed by atoms with Crippen LogP contribution in [0, 0.1) is 0 Å². The van der Waals surface area contributed by atoms with Gasteiger partial charge in [-0.3, -0.25) is 4.79 Å². The summed E-state index contributed by atoms with van der Waals surface area (Å²) >= 11 is 11.5. The zero-order valence-corrected chi connectivity index (χ0v) is 9.02. The molecule has 76 valence electrons. The zero-order valence-electron chi connectivity index (χ0n) is 7.51. The first kappa shape index (κ1) is 11.1. The molecule has 0 aromatic heterocycles. The first-order chi connectivity index (χ1) is 6.63. The van der Waals surface area contributed by atoms with Crippen LogP contribution >= 0.6 is 23.2 Å². The van der Waals surface area contributed by atoms with E-state index in [0.29, 0.717) is 15.8 Å². The number of benzene rings is 1. The van der Waals surface area contributed by atoms with E-state index in [9.17, 15) is 4.79 Å². The van der Waals surface area contributed by atoms with E-state index in [0.717, 1.165) is 0 Å². The van der Waals surface area contributed by atoms with Gasteiger partial charge in [0, 0.05) is 13.1 Å². The Labute approximate surface area is 92.0 Å². The van der Waals surface area contributed by atoms with Gasteiger partial charge in [0.25, 0.3) is 5.91 Å². The molecule has 1 rings (SSSR count). The van der Waals surface area contributed by atoms with Crippen molar-refractivity contribution >= 4 is 29.1 Å². The number of carbonyl (C=O) groups is 1. The standard InChI is InChI=1S/C9H9Cl2NO2/c1-12-9(13)5-14-6-2-3-7(10)8(11)4-6/h2-4H,5H2,1H3,(H,12,13). The van der Waals surface area contributed by atoms with E-state index in [1.807, 2.05) is 0 Å². The molecule has 0 heterocycles. The van der Waals surface area contributed by atoms with Crippen molar-refractivity contribution in [3.8, 4) is 5.75 Å². The van der Waals surface area contributed by atoms with E-state index in [1.54, 1.807) is 25.2 Å². The Bertz CT molecular complexity index is 342. The van der Waals surface area contributed by atoms with Crippen LogP contribution in [0.15, 0.2) is 18.2 Å². The maximum absolute atomic E-state index is 10.8. The summed E-state index contributed by atoms with van der Waals surface area (Å²) in [5.41, 5.74) is 0. The Morgan fingerprint density at radius 2 is 2.14 bits per heavy atom. The Balaban J connectivity index is 2.60. The quantitative estimate of drug-likeness (QED) is 0.869. The normalized spacial score (nSPS) is 9.64. The number of hydrogen-bond donors (Lipinski definition) is 1. The van der Waals surface area contributed by atoms with Crippen molar-refractivity contribution in [2.24, 2.45) is 0 Å². The van der Waals surface area contributed by atoms with Crippen LogP contribution in [0.1, 0.15) is 0 Å². The third kappa shape index (κ3) is 3.09. The molecule has 0 bridgehead atoms. The summed E-state index contributed by atoms with van der Waals surface area (Å²) in [5.74, 6) is 0.319. The van der Waals surface area contributed by atoms with Crippen LogP contribution in [-0.4, -0.2) is 19.6 Å². The molecule has 1 amide bonds. The van der Waals surface area contributed by atoms with Gasteiger partial charge in [-0.15, -0.1) is 0 Å². The van der Waals surface area contributed by atoms with Crippen molar-refractivity contribution in [2.75, 3.05) is 13.7 Å². The molecule has 0 aliphatic heterocycles. The summed E-state index contributed by atoms with van der Waals surface area (Å²) in [7, 11) is 1.54. The minimum atomic E-state index is -0.198. The second-order valence-electron chi connectivity index (χ2n) is 2.54. The maximum atomic E-state index is 10.8. The molecule has 14 heavy (non-hydrogen) atoms. The molecular weight excluding hydrogens is 225 g/mol. The summed E-state index contributed by atoms with van der Waals surface area (Å²) in [6.07, 6.45) is 0. The Morgan fingerprint density at radius 1 is 1.43 bits per heavy atom. The van der Waals surface area contributed by atoms with Gasteiger partial charge in [0.05, 0.1) is 10.0 Å². The van der Waals surface area contributed by atoms with E-state index >= 15 is 0 Å². The van der Waals surface area contributed by atoms with Gasteiger partial charge in [-0.1, -0.05) is 23.2 Å². The molecule has 0 spiro atoms. The van der Waals surface area contributed by atoms with Crippen LogP contribution in [0.3, 0.4) is 0 Å². The fourth-order valence-corrected chi connectivity index (χ4v) is 1.08. The number of amides is 1. The van der Waals surface area contributed by atoms with Crippen molar-refractivity contribution in [1.82, 2.24) is 5.32 Å². The smallest absolute Gasteiger partial charge is 0.257 e. The van der Waals surface area contributed by atoms with Crippen LogP contribution < -0.4 is 10.1 Å². The molecule has 0 atom stereocenters. The average molecular weight is 234 g/mol. The van der Waals surface area contributed by atoms with E-state index < -0.39 is 0 Å². The highest BCUT2D eigenvalue weighted by Gasteiger charge is 2.02. The molecule has 0 radical (unpaired) electrons. The molecule has 0 unspecified atom stereocenters. The van der Waals surface area contributed by atoms with Crippen molar-refractivity contribution in [3.63, 3.8) is 0 Å². The second-order valence-corrected chi connectivity index (χ2v) is 3.35. The Kier molecular flexibility index (Phi) is 4.04. The number of hydrogen-bond acceptors (Lipinski definition) is 2. The van der Waals surface area contributed by atoms with Gasteiger partial charge in [-0.2, -0.15) is 0 Å². The summed E-state index contributed by atoms with van der Waals surface area (Å²) in [6, 6.07) is 4.83. The minimum absolute atomic E-state index is 0.0333. The predicted molar refractivity (Wildman–Crippen MR) is 56.0 cm³/mol. The topological polar surface area (TPSA) is 38.3 Å². The monoisotopic (exact) mass is 233 g/mol.